The third-order valence-corrected chi connectivity index (χ3v) is 4.03. The van der Waals surface area contributed by atoms with Gasteiger partial charge in [0.05, 0.1) is 7.11 Å². The zero-order chi connectivity index (χ0) is 17.5. The molecule has 0 aliphatic carbocycles. The number of rotatable bonds is 6. The zero-order valence-electron chi connectivity index (χ0n) is 14.9. The Balaban J connectivity index is 2.12. The highest BCUT2D eigenvalue weighted by Gasteiger charge is 2.09. The fourth-order valence-corrected chi connectivity index (χ4v) is 2.54. The molecule has 126 valence electrons. The van der Waals surface area contributed by atoms with Gasteiger partial charge in [0, 0.05) is 19.7 Å². The van der Waals surface area contributed by atoms with Crippen LogP contribution in [0.2, 0.25) is 0 Å². The molecule has 0 atom stereocenters. The summed E-state index contributed by atoms with van der Waals surface area (Å²) in [7, 11) is 3.46. The molecular weight excluding hydrogens is 298 g/mol. The number of benzene rings is 2. The van der Waals surface area contributed by atoms with Crippen LogP contribution < -0.4 is 4.74 Å². The Morgan fingerprint density at radius 3 is 2.50 bits per heavy atom. The van der Waals surface area contributed by atoms with Crippen LogP contribution in [0.15, 0.2) is 54.6 Å². The summed E-state index contributed by atoms with van der Waals surface area (Å²) in [5.41, 5.74) is 4.42. The molecule has 1 amide bonds. The molecule has 0 saturated heterocycles. The van der Waals surface area contributed by atoms with Crippen LogP contribution in [-0.2, 0) is 11.3 Å². The van der Waals surface area contributed by atoms with Crippen LogP contribution in [0, 0.1) is 6.92 Å². The highest BCUT2D eigenvalue weighted by molar-refractivity contribution is 5.95. The SMILES string of the molecule is CC/C(=C/C(=O)N(C)Cc1cccc(OC)c1)c1ccc(C)cc1. The van der Waals surface area contributed by atoms with Gasteiger partial charge in [-0.1, -0.05) is 48.9 Å². The van der Waals surface area contributed by atoms with E-state index in [9.17, 15) is 4.79 Å². The first kappa shape index (κ1) is 17.8. The maximum atomic E-state index is 12.5. The van der Waals surface area contributed by atoms with E-state index in [1.165, 1.54) is 5.56 Å². The molecule has 2 aromatic rings. The number of carbonyl (C=O) groups is 1. The van der Waals surface area contributed by atoms with Gasteiger partial charge in [0.1, 0.15) is 5.75 Å². The van der Waals surface area contributed by atoms with Crippen molar-refractivity contribution in [3.63, 3.8) is 0 Å². The van der Waals surface area contributed by atoms with E-state index in [0.717, 1.165) is 28.9 Å². The number of aryl methyl sites for hydroxylation is 1. The van der Waals surface area contributed by atoms with E-state index in [4.69, 9.17) is 4.74 Å². The molecule has 0 aliphatic rings. The van der Waals surface area contributed by atoms with E-state index >= 15 is 0 Å². The lowest BCUT2D eigenvalue weighted by molar-refractivity contribution is -0.125. The molecule has 0 fully saturated rings. The van der Waals surface area contributed by atoms with Crippen molar-refractivity contribution in [3.8, 4) is 5.75 Å². The van der Waals surface area contributed by atoms with Gasteiger partial charge in [0.25, 0.3) is 0 Å². The molecule has 3 heteroatoms. The summed E-state index contributed by atoms with van der Waals surface area (Å²) < 4.78 is 5.23. The Morgan fingerprint density at radius 2 is 1.88 bits per heavy atom. The molecule has 0 bridgehead atoms. The zero-order valence-corrected chi connectivity index (χ0v) is 14.9. The molecule has 2 aromatic carbocycles. The number of allylic oxidation sites excluding steroid dienone is 1. The molecule has 24 heavy (non-hydrogen) atoms. The Bertz CT molecular complexity index is 717. The summed E-state index contributed by atoms with van der Waals surface area (Å²) in [4.78, 5) is 14.3. The quantitative estimate of drug-likeness (QED) is 0.735. The fourth-order valence-electron chi connectivity index (χ4n) is 2.54. The molecule has 0 N–H and O–H groups in total. The number of amides is 1. The summed E-state index contributed by atoms with van der Waals surface area (Å²) in [5, 5.41) is 0. The van der Waals surface area contributed by atoms with Gasteiger partial charge in [0.2, 0.25) is 5.91 Å². The lowest BCUT2D eigenvalue weighted by Crippen LogP contribution is -2.24. The van der Waals surface area contributed by atoms with Crippen molar-refractivity contribution in [1.82, 2.24) is 4.90 Å². The molecule has 0 heterocycles. The number of hydrogen-bond acceptors (Lipinski definition) is 2. The third-order valence-electron chi connectivity index (χ3n) is 4.03. The van der Waals surface area contributed by atoms with E-state index in [1.807, 2.05) is 31.3 Å². The van der Waals surface area contributed by atoms with Gasteiger partial charge in [-0.3, -0.25) is 4.79 Å². The first-order valence-electron chi connectivity index (χ1n) is 8.19. The van der Waals surface area contributed by atoms with Gasteiger partial charge in [0.15, 0.2) is 0 Å². The maximum absolute atomic E-state index is 12.5. The van der Waals surface area contributed by atoms with Gasteiger partial charge >= 0.3 is 0 Å². The topological polar surface area (TPSA) is 29.5 Å². The Kier molecular flexibility index (Phi) is 6.19. The normalized spacial score (nSPS) is 11.2. The fraction of sp³-hybridized carbons (Fsp3) is 0.286. The molecule has 3 nitrogen and oxygen atoms in total. The lowest BCUT2D eigenvalue weighted by Gasteiger charge is -2.17. The Morgan fingerprint density at radius 1 is 1.17 bits per heavy atom. The summed E-state index contributed by atoms with van der Waals surface area (Å²) in [5.74, 6) is 0.813. The first-order chi connectivity index (χ1) is 11.5. The molecule has 2 rings (SSSR count). The molecule has 0 unspecified atom stereocenters. The van der Waals surface area contributed by atoms with Gasteiger partial charge in [-0.2, -0.15) is 0 Å². The molecule has 0 aliphatic heterocycles. The Hall–Kier alpha value is -2.55. The monoisotopic (exact) mass is 323 g/mol. The number of hydrogen-bond donors (Lipinski definition) is 0. The molecule has 0 aromatic heterocycles. The van der Waals surface area contributed by atoms with Crippen LogP contribution >= 0.6 is 0 Å². The lowest BCUT2D eigenvalue weighted by atomic mass is 10.0. The van der Waals surface area contributed by atoms with Crippen LogP contribution in [0.25, 0.3) is 5.57 Å². The van der Waals surface area contributed by atoms with Crippen LogP contribution in [0.5, 0.6) is 5.75 Å². The maximum Gasteiger partial charge on any atom is 0.246 e. The second-order valence-electron chi connectivity index (χ2n) is 5.93. The van der Waals surface area contributed by atoms with Crippen LogP contribution in [0.3, 0.4) is 0 Å². The van der Waals surface area contributed by atoms with Gasteiger partial charge < -0.3 is 9.64 Å². The smallest absolute Gasteiger partial charge is 0.246 e. The van der Waals surface area contributed by atoms with Crippen molar-refractivity contribution in [2.45, 2.75) is 26.8 Å². The van der Waals surface area contributed by atoms with Gasteiger partial charge in [-0.25, -0.2) is 0 Å². The minimum Gasteiger partial charge on any atom is -0.497 e. The van der Waals surface area contributed by atoms with E-state index in [1.54, 1.807) is 18.1 Å². The summed E-state index contributed by atoms with van der Waals surface area (Å²) in [6.45, 7) is 4.69. The highest BCUT2D eigenvalue weighted by atomic mass is 16.5. The number of ether oxygens (including phenoxy) is 1. The van der Waals surface area contributed by atoms with Crippen molar-refractivity contribution in [1.29, 1.82) is 0 Å². The van der Waals surface area contributed by atoms with E-state index in [2.05, 4.69) is 38.1 Å². The molecular formula is C21H25NO2. The van der Waals surface area contributed by atoms with Gasteiger partial charge in [-0.05, 0) is 42.2 Å². The predicted octanol–water partition coefficient (Wildman–Crippen LogP) is 4.46. The minimum atomic E-state index is 0.00949. The number of nitrogens with zero attached hydrogens (tertiary/aromatic N) is 1. The molecule has 0 spiro atoms. The van der Waals surface area contributed by atoms with Crippen LogP contribution in [0.4, 0.5) is 0 Å². The standard InChI is InChI=1S/C21H25NO2/c1-5-18(19-11-9-16(2)10-12-19)14-21(23)22(3)15-17-7-6-8-20(13-17)24-4/h6-14H,5,15H2,1-4H3/b18-14-. The van der Waals surface area contributed by atoms with Crippen molar-refractivity contribution in [2.24, 2.45) is 0 Å². The number of methoxy groups -OCH3 is 1. The van der Waals surface area contributed by atoms with E-state index in [0.29, 0.717) is 6.54 Å². The van der Waals surface area contributed by atoms with Crippen molar-refractivity contribution in [3.05, 3.63) is 71.3 Å². The highest BCUT2D eigenvalue weighted by Crippen LogP contribution is 2.19. The predicted molar refractivity (Wildman–Crippen MR) is 98.9 cm³/mol. The molecule has 0 radical (unpaired) electrons. The van der Waals surface area contributed by atoms with Crippen molar-refractivity contribution >= 4 is 11.5 Å². The second-order valence-corrected chi connectivity index (χ2v) is 5.93. The number of carbonyl (C=O) groups excluding carboxylic acids is 1. The number of likely N-dealkylation sites (N-methyl/N-ethyl adjacent to an activating group) is 1. The second kappa shape index (κ2) is 8.34. The molecule has 0 saturated carbocycles. The average molecular weight is 323 g/mol. The van der Waals surface area contributed by atoms with Crippen LogP contribution in [0.1, 0.15) is 30.0 Å². The van der Waals surface area contributed by atoms with Crippen molar-refractivity contribution in [2.75, 3.05) is 14.2 Å². The minimum absolute atomic E-state index is 0.00949. The Labute approximate surface area is 144 Å². The average Bonchev–Trinajstić information content (AvgIpc) is 2.60. The van der Waals surface area contributed by atoms with Crippen LogP contribution in [-0.4, -0.2) is 25.0 Å². The summed E-state index contributed by atoms with van der Waals surface area (Å²) in [6.07, 6.45) is 2.56. The van der Waals surface area contributed by atoms with Gasteiger partial charge in [-0.15, -0.1) is 0 Å². The third kappa shape index (κ3) is 4.72. The summed E-state index contributed by atoms with van der Waals surface area (Å²) >= 11 is 0. The van der Waals surface area contributed by atoms with E-state index in [-0.39, 0.29) is 5.91 Å². The van der Waals surface area contributed by atoms with Crippen molar-refractivity contribution < 1.29 is 9.53 Å². The van der Waals surface area contributed by atoms with E-state index < -0.39 is 0 Å². The summed E-state index contributed by atoms with van der Waals surface area (Å²) in [6, 6.07) is 16.1. The first-order valence-corrected chi connectivity index (χ1v) is 8.19. The largest absolute Gasteiger partial charge is 0.497 e.